The molecule has 0 radical (unpaired) electrons. The van der Waals surface area contributed by atoms with E-state index in [2.05, 4.69) is 19.9 Å². The van der Waals surface area contributed by atoms with Crippen molar-refractivity contribution in [3.8, 4) is 5.75 Å². The second kappa shape index (κ2) is 8.81. The molecule has 1 N–H and O–H groups in total. The summed E-state index contributed by atoms with van der Waals surface area (Å²) in [6.45, 7) is 6.89. The van der Waals surface area contributed by atoms with E-state index in [1.165, 1.54) is 0 Å². The molecule has 1 atom stereocenters. The Labute approximate surface area is 166 Å². The zero-order valence-electron chi connectivity index (χ0n) is 15.9. The molecular formula is C20H24N4O3S. The molecular weight excluding hydrogens is 376 g/mol. The largest absolute Gasteiger partial charge is 0.492 e. The number of ether oxygens (including phenoxy) is 2. The molecule has 1 saturated heterocycles. The highest BCUT2D eigenvalue weighted by Crippen LogP contribution is 2.22. The van der Waals surface area contributed by atoms with Crippen molar-refractivity contribution in [2.75, 3.05) is 39.5 Å². The fourth-order valence-electron chi connectivity index (χ4n) is 3.20. The fraction of sp³-hybridized carbons (Fsp3) is 0.400. The number of nitrogens with one attached hydrogen (secondary N) is 1. The number of H-pyrrole nitrogens is 1. The van der Waals surface area contributed by atoms with Crippen LogP contribution in [0, 0.1) is 6.92 Å². The lowest BCUT2D eigenvalue weighted by molar-refractivity contribution is 0.0322. The summed E-state index contributed by atoms with van der Waals surface area (Å²) in [4.78, 5) is 14.3. The first-order valence-corrected chi connectivity index (χ1v) is 10.7. The standard InChI is InChI=1S/C20H24N4O3S/c1-15-18(14-28(25)20-22-16-4-2-3-5-17(16)23-20)21-7-6-19(15)27-13-10-24-8-11-26-12-9-24/h2-7H,8-14H2,1H3,(H,22,23). The van der Waals surface area contributed by atoms with E-state index in [1.807, 2.05) is 37.3 Å². The third-order valence-electron chi connectivity index (χ3n) is 4.88. The van der Waals surface area contributed by atoms with Crippen LogP contribution in [0.1, 0.15) is 11.3 Å². The Bertz CT molecular complexity index is 936. The molecule has 1 aliphatic rings. The van der Waals surface area contributed by atoms with Gasteiger partial charge in [0.1, 0.15) is 12.4 Å². The van der Waals surface area contributed by atoms with Crippen LogP contribution in [-0.2, 0) is 21.3 Å². The SMILES string of the molecule is Cc1c(OCCN2CCOCC2)ccnc1CS(=O)c1nc2ccccc2[nH]1. The molecule has 0 bridgehead atoms. The molecule has 1 unspecified atom stereocenters. The first kappa shape index (κ1) is 19.0. The van der Waals surface area contributed by atoms with Crippen LogP contribution in [-0.4, -0.2) is 63.5 Å². The second-order valence-corrected chi connectivity index (χ2v) is 8.10. The molecule has 3 aromatic rings. The Morgan fingerprint density at radius 3 is 2.89 bits per heavy atom. The van der Waals surface area contributed by atoms with Gasteiger partial charge in [0.25, 0.3) is 0 Å². The number of hydrogen-bond donors (Lipinski definition) is 1. The van der Waals surface area contributed by atoms with Crippen LogP contribution in [0.2, 0.25) is 0 Å². The van der Waals surface area contributed by atoms with Gasteiger partial charge in [-0.2, -0.15) is 0 Å². The van der Waals surface area contributed by atoms with Crippen LogP contribution in [0.4, 0.5) is 0 Å². The molecule has 0 saturated carbocycles. The normalized spacial score (nSPS) is 16.3. The lowest BCUT2D eigenvalue weighted by atomic mass is 10.2. The average molecular weight is 401 g/mol. The Morgan fingerprint density at radius 1 is 1.25 bits per heavy atom. The van der Waals surface area contributed by atoms with Crippen LogP contribution >= 0.6 is 0 Å². The van der Waals surface area contributed by atoms with E-state index in [0.717, 1.165) is 60.9 Å². The Kier molecular flexibility index (Phi) is 5.99. The van der Waals surface area contributed by atoms with Crippen LogP contribution in [0.3, 0.4) is 0 Å². The zero-order valence-corrected chi connectivity index (χ0v) is 16.7. The first-order chi connectivity index (χ1) is 13.7. The number of nitrogens with zero attached hydrogens (tertiary/aromatic N) is 3. The van der Waals surface area contributed by atoms with E-state index in [9.17, 15) is 4.21 Å². The molecule has 7 nitrogen and oxygen atoms in total. The summed E-state index contributed by atoms with van der Waals surface area (Å²) in [6.07, 6.45) is 1.71. The van der Waals surface area contributed by atoms with Crippen molar-refractivity contribution in [3.63, 3.8) is 0 Å². The Balaban J connectivity index is 1.40. The van der Waals surface area contributed by atoms with Crippen LogP contribution in [0.5, 0.6) is 5.75 Å². The van der Waals surface area contributed by atoms with Crippen molar-refractivity contribution in [1.82, 2.24) is 19.9 Å². The van der Waals surface area contributed by atoms with Gasteiger partial charge in [0, 0.05) is 31.4 Å². The molecule has 2 aromatic heterocycles. The van der Waals surface area contributed by atoms with E-state index in [1.54, 1.807) is 6.20 Å². The molecule has 0 spiro atoms. The topological polar surface area (TPSA) is 80.3 Å². The van der Waals surface area contributed by atoms with Gasteiger partial charge in [-0.1, -0.05) is 12.1 Å². The van der Waals surface area contributed by atoms with Gasteiger partial charge >= 0.3 is 0 Å². The van der Waals surface area contributed by atoms with Gasteiger partial charge in [-0.3, -0.25) is 14.1 Å². The first-order valence-electron chi connectivity index (χ1n) is 9.41. The minimum absolute atomic E-state index is 0.298. The minimum atomic E-state index is -1.30. The van der Waals surface area contributed by atoms with Crippen molar-refractivity contribution in [2.24, 2.45) is 0 Å². The van der Waals surface area contributed by atoms with E-state index in [0.29, 0.717) is 17.5 Å². The molecule has 8 heteroatoms. The zero-order chi connectivity index (χ0) is 19.3. The summed E-state index contributed by atoms with van der Waals surface area (Å²) < 4.78 is 24.1. The van der Waals surface area contributed by atoms with Crippen LogP contribution < -0.4 is 4.74 Å². The van der Waals surface area contributed by atoms with Crippen molar-refractivity contribution in [3.05, 3.63) is 47.8 Å². The smallest absolute Gasteiger partial charge is 0.197 e. The van der Waals surface area contributed by atoms with Crippen molar-refractivity contribution >= 4 is 21.8 Å². The lowest BCUT2D eigenvalue weighted by Crippen LogP contribution is -2.38. The van der Waals surface area contributed by atoms with Crippen molar-refractivity contribution in [2.45, 2.75) is 17.8 Å². The predicted octanol–water partition coefficient (Wildman–Crippen LogP) is 2.29. The summed E-state index contributed by atoms with van der Waals surface area (Å²) in [7, 11) is -1.30. The van der Waals surface area contributed by atoms with Gasteiger partial charge in [0.05, 0.1) is 46.5 Å². The number of imidazole rings is 1. The molecule has 0 amide bonds. The van der Waals surface area contributed by atoms with Crippen molar-refractivity contribution < 1.29 is 13.7 Å². The molecule has 1 fully saturated rings. The second-order valence-electron chi connectivity index (χ2n) is 6.73. The van der Waals surface area contributed by atoms with Gasteiger partial charge in [-0.15, -0.1) is 0 Å². The summed E-state index contributed by atoms with van der Waals surface area (Å²) in [6, 6.07) is 9.53. The van der Waals surface area contributed by atoms with E-state index in [4.69, 9.17) is 9.47 Å². The highest BCUT2D eigenvalue weighted by atomic mass is 32.2. The summed E-state index contributed by atoms with van der Waals surface area (Å²) in [5, 5.41) is 0.473. The highest BCUT2D eigenvalue weighted by Gasteiger charge is 2.15. The molecule has 4 rings (SSSR count). The lowest BCUT2D eigenvalue weighted by Gasteiger charge is -2.26. The maximum atomic E-state index is 12.8. The summed E-state index contributed by atoms with van der Waals surface area (Å²) >= 11 is 0. The quantitative estimate of drug-likeness (QED) is 0.655. The molecule has 28 heavy (non-hydrogen) atoms. The van der Waals surface area contributed by atoms with Crippen LogP contribution in [0.25, 0.3) is 11.0 Å². The van der Waals surface area contributed by atoms with Gasteiger partial charge in [0.2, 0.25) is 0 Å². The Morgan fingerprint density at radius 2 is 2.07 bits per heavy atom. The van der Waals surface area contributed by atoms with E-state index >= 15 is 0 Å². The minimum Gasteiger partial charge on any atom is -0.492 e. The summed E-state index contributed by atoms with van der Waals surface area (Å²) in [5.41, 5.74) is 3.39. The third-order valence-corrected chi connectivity index (χ3v) is 6.04. The maximum Gasteiger partial charge on any atom is 0.197 e. The Hall–Kier alpha value is -2.29. The van der Waals surface area contributed by atoms with E-state index < -0.39 is 10.8 Å². The van der Waals surface area contributed by atoms with Crippen LogP contribution in [0.15, 0.2) is 41.7 Å². The third kappa shape index (κ3) is 4.40. The summed E-state index contributed by atoms with van der Waals surface area (Å²) in [5.74, 6) is 1.09. The van der Waals surface area contributed by atoms with Gasteiger partial charge < -0.3 is 14.5 Å². The van der Waals surface area contributed by atoms with E-state index in [-0.39, 0.29) is 0 Å². The highest BCUT2D eigenvalue weighted by molar-refractivity contribution is 7.84. The molecule has 1 aromatic carbocycles. The number of hydrogen-bond acceptors (Lipinski definition) is 6. The number of para-hydroxylation sites is 2. The molecule has 148 valence electrons. The number of benzene rings is 1. The number of rotatable bonds is 7. The molecule has 0 aliphatic carbocycles. The van der Waals surface area contributed by atoms with Gasteiger partial charge in [-0.25, -0.2) is 4.98 Å². The van der Waals surface area contributed by atoms with Crippen molar-refractivity contribution in [1.29, 1.82) is 0 Å². The predicted molar refractivity (Wildman–Crippen MR) is 108 cm³/mol. The monoisotopic (exact) mass is 400 g/mol. The number of aromatic nitrogens is 3. The van der Waals surface area contributed by atoms with Gasteiger partial charge in [0.15, 0.2) is 5.16 Å². The number of fused-ring (bicyclic) bond motifs is 1. The number of pyridine rings is 1. The molecule has 1 aliphatic heterocycles. The molecule has 3 heterocycles. The average Bonchev–Trinajstić information content (AvgIpc) is 3.16. The fourth-order valence-corrected chi connectivity index (χ4v) is 4.30. The number of morpholine rings is 1. The van der Waals surface area contributed by atoms with Gasteiger partial charge in [-0.05, 0) is 25.1 Å². The number of aromatic amines is 1. The maximum absolute atomic E-state index is 12.8.